The summed E-state index contributed by atoms with van der Waals surface area (Å²) in [6, 6.07) is 3.63. The molecule has 0 atom stereocenters. The molecule has 0 unspecified atom stereocenters. The Morgan fingerprint density at radius 3 is 2.30 bits per heavy atom. The summed E-state index contributed by atoms with van der Waals surface area (Å²) < 4.78 is 53.2. The third kappa shape index (κ3) is 4.30. The molecule has 1 heterocycles. The van der Waals surface area contributed by atoms with Gasteiger partial charge in [0.1, 0.15) is 5.82 Å². The smallest absolute Gasteiger partial charge is 0.293 e. The third-order valence-electron chi connectivity index (χ3n) is 2.98. The molecule has 0 saturated carbocycles. The first-order valence-electron chi connectivity index (χ1n) is 6.85. The number of H-pyrrole nitrogens is 1. The summed E-state index contributed by atoms with van der Waals surface area (Å²) in [5.41, 5.74) is -3.22. The molecule has 1 N–H and O–H groups in total. The number of nitrogens with one attached hydrogen (secondary N) is 1. The van der Waals surface area contributed by atoms with E-state index < -0.39 is 40.9 Å². The molecular formula is C15H16F4N2O2. The molecule has 2 rings (SSSR count). The molecule has 1 aromatic heterocycles. The summed E-state index contributed by atoms with van der Waals surface area (Å²) >= 11 is 0. The SMILES string of the molecule is CC.Cc1cc(=O)[nH]c(=O)n1Cc1c(F)cccc1C(F)(F)F. The average Bonchev–Trinajstić information content (AvgIpc) is 2.45. The molecule has 1 aromatic carbocycles. The van der Waals surface area contributed by atoms with Gasteiger partial charge in [-0.2, -0.15) is 13.2 Å². The highest BCUT2D eigenvalue weighted by Crippen LogP contribution is 2.33. The monoisotopic (exact) mass is 332 g/mol. The fourth-order valence-corrected chi connectivity index (χ4v) is 1.98. The Labute approximate surface area is 129 Å². The van der Waals surface area contributed by atoms with Crippen LogP contribution >= 0.6 is 0 Å². The van der Waals surface area contributed by atoms with Crippen LogP contribution in [0.25, 0.3) is 0 Å². The number of hydrogen-bond acceptors (Lipinski definition) is 2. The molecule has 126 valence electrons. The summed E-state index contributed by atoms with van der Waals surface area (Å²) in [4.78, 5) is 24.7. The summed E-state index contributed by atoms with van der Waals surface area (Å²) in [5.74, 6) is -1.07. The Morgan fingerprint density at radius 1 is 1.17 bits per heavy atom. The standard InChI is InChI=1S/C13H10F4N2O2.C2H6/c1-7-5-11(20)18-12(21)19(7)6-8-9(13(15,16)17)3-2-4-10(8)14;1-2/h2-5H,6H2,1H3,(H,18,20,21);1-2H3. The van der Waals surface area contributed by atoms with Crippen molar-refractivity contribution in [3.8, 4) is 0 Å². The van der Waals surface area contributed by atoms with Gasteiger partial charge in [-0.05, 0) is 19.1 Å². The first-order valence-corrected chi connectivity index (χ1v) is 6.85. The van der Waals surface area contributed by atoms with Crippen molar-refractivity contribution in [2.75, 3.05) is 0 Å². The van der Waals surface area contributed by atoms with Crippen LogP contribution in [-0.2, 0) is 12.7 Å². The summed E-state index contributed by atoms with van der Waals surface area (Å²) in [6.07, 6.45) is -4.74. The van der Waals surface area contributed by atoms with Crippen LogP contribution in [-0.4, -0.2) is 9.55 Å². The zero-order valence-corrected chi connectivity index (χ0v) is 12.8. The quantitative estimate of drug-likeness (QED) is 0.859. The molecule has 23 heavy (non-hydrogen) atoms. The minimum absolute atomic E-state index is 0.139. The molecular weight excluding hydrogens is 316 g/mol. The largest absolute Gasteiger partial charge is 0.416 e. The lowest BCUT2D eigenvalue weighted by molar-refractivity contribution is -0.138. The number of alkyl halides is 3. The van der Waals surface area contributed by atoms with E-state index in [-0.39, 0.29) is 5.69 Å². The van der Waals surface area contributed by atoms with Crippen molar-refractivity contribution < 1.29 is 17.6 Å². The number of benzene rings is 1. The van der Waals surface area contributed by atoms with Crippen LogP contribution in [0, 0.1) is 12.7 Å². The van der Waals surface area contributed by atoms with Gasteiger partial charge in [-0.15, -0.1) is 0 Å². The summed E-state index contributed by atoms with van der Waals surface area (Å²) in [5, 5.41) is 0. The second-order valence-corrected chi connectivity index (χ2v) is 4.43. The molecule has 0 aliphatic carbocycles. The predicted molar refractivity (Wildman–Crippen MR) is 77.9 cm³/mol. The lowest BCUT2D eigenvalue weighted by Crippen LogP contribution is -2.32. The number of nitrogens with zero attached hydrogens (tertiary/aromatic N) is 1. The molecule has 0 aliphatic rings. The first-order chi connectivity index (χ1) is 10.7. The number of hydrogen-bond donors (Lipinski definition) is 1. The lowest BCUT2D eigenvalue weighted by Gasteiger charge is -2.15. The predicted octanol–water partition coefficient (Wildman–Crippen LogP) is 3.08. The van der Waals surface area contributed by atoms with Crippen molar-refractivity contribution in [1.29, 1.82) is 0 Å². The highest BCUT2D eigenvalue weighted by molar-refractivity contribution is 5.31. The van der Waals surface area contributed by atoms with Crippen molar-refractivity contribution in [1.82, 2.24) is 9.55 Å². The molecule has 0 saturated heterocycles. The summed E-state index contributed by atoms with van der Waals surface area (Å²) in [6.45, 7) is 4.76. The average molecular weight is 332 g/mol. The van der Waals surface area contributed by atoms with Crippen LogP contribution in [0.15, 0.2) is 33.9 Å². The second kappa shape index (κ2) is 7.26. The Morgan fingerprint density at radius 2 is 1.78 bits per heavy atom. The number of aryl methyl sites for hydroxylation is 1. The van der Waals surface area contributed by atoms with Gasteiger partial charge < -0.3 is 0 Å². The molecule has 2 aromatic rings. The van der Waals surface area contributed by atoms with Crippen molar-refractivity contribution in [2.45, 2.75) is 33.5 Å². The number of aromatic amines is 1. The van der Waals surface area contributed by atoms with Crippen molar-refractivity contribution in [2.24, 2.45) is 0 Å². The number of rotatable bonds is 2. The molecule has 4 nitrogen and oxygen atoms in total. The molecule has 0 bridgehead atoms. The topological polar surface area (TPSA) is 54.9 Å². The minimum atomic E-state index is -4.74. The van der Waals surface area contributed by atoms with Gasteiger partial charge in [0.2, 0.25) is 0 Å². The van der Waals surface area contributed by atoms with Crippen molar-refractivity contribution >= 4 is 0 Å². The van der Waals surface area contributed by atoms with Gasteiger partial charge in [-0.3, -0.25) is 14.3 Å². The highest BCUT2D eigenvalue weighted by Gasteiger charge is 2.34. The fourth-order valence-electron chi connectivity index (χ4n) is 1.98. The zero-order valence-electron chi connectivity index (χ0n) is 12.8. The second-order valence-electron chi connectivity index (χ2n) is 4.43. The van der Waals surface area contributed by atoms with E-state index >= 15 is 0 Å². The van der Waals surface area contributed by atoms with E-state index in [4.69, 9.17) is 0 Å². The van der Waals surface area contributed by atoms with E-state index in [1.807, 2.05) is 18.8 Å². The Balaban J connectivity index is 0.00000127. The first kappa shape index (κ1) is 18.7. The molecule has 0 amide bonds. The highest BCUT2D eigenvalue weighted by atomic mass is 19.4. The van der Waals surface area contributed by atoms with Crippen LogP contribution in [0.5, 0.6) is 0 Å². The minimum Gasteiger partial charge on any atom is -0.293 e. The normalized spacial score (nSPS) is 10.9. The zero-order chi connectivity index (χ0) is 17.8. The molecule has 0 spiro atoms. The van der Waals surface area contributed by atoms with Gasteiger partial charge in [-0.25, -0.2) is 9.18 Å². The number of aromatic nitrogens is 2. The van der Waals surface area contributed by atoms with E-state index in [2.05, 4.69) is 0 Å². The summed E-state index contributed by atoms with van der Waals surface area (Å²) in [7, 11) is 0. The van der Waals surface area contributed by atoms with Crippen LogP contribution in [0.2, 0.25) is 0 Å². The molecule has 0 radical (unpaired) electrons. The van der Waals surface area contributed by atoms with E-state index in [1.165, 1.54) is 6.92 Å². The Bertz CT molecular complexity index is 791. The van der Waals surface area contributed by atoms with E-state index in [0.717, 1.165) is 28.8 Å². The van der Waals surface area contributed by atoms with E-state index in [1.54, 1.807) is 0 Å². The molecule has 0 fully saturated rings. The maximum Gasteiger partial charge on any atom is 0.416 e. The van der Waals surface area contributed by atoms with Crippen molar-refractivity contribution in [3.05, 3.63) is 67.7 Å². The Hall–Kier alpha value is -2.38. The third-order valence-corrected chi connectivity index (χ3v) is 2.98. The molecule has 0 aliphatic heterocycles. The van der Waals surface area contributed by atoms with Gasteiger partial charge in [0.05, 0.1) is 12.1 Å². The van der Waals surface area contributed by atoms with Crippen LogP contribution < -0.4 is 11.2 Å². The maximum absolute atomic E-state index is 13.7. The van der Waals surface area contributed by atoms with Gasteiger partial charge in [0.15, 0.2) is 0 Å². The van der Waals surface area contributed by atoms with Gasteiger partial charge in [0.25, 0.3) is 5.56 Å². The van der Waals surface area contributed by atoms with E-state index in [9.17, 15) is 27.2 Å². The van der Waals surface area contributed by atoms with Gasteiger partial charge >= 0.3 is 11.9 Å². The van der Waals surface area contributed by atoms with Crippen LogP contribution in [0.1, 0.15) is 30.7 Å². The van der Waals surface area contributed by atoms with Crippen LogP contribution in [0.3, 0.4) is 0 Å². The fraction of sp³-hybridized carbons (Fsp3) is 0.333. The van der Waals surface area contributed by atoms with E-state index in [0.29, 0.717) is 0 Å². The lowest BCUT2D eigenvalue weighted by atomic mass is 10.1. The van der Waals surface area contributed by atoms with Gasteiger partial charge in [0, 0.05) is 17.3 Å². The van der Waals surface area contributed by atoms with Crippen molar-refractivity contribution in [3.63, 3.8) is 0 Å². The van der Waals surface area contributed by atoms with Gasteiger partial charge in [-0.1, -0.05) is 19.9 Å². The van der Waals surface area contributed by atoms with Crippen LogP contribution in [0.4, 0.5) is 17.6 Å². The maximum atomic E-state index is 13.7. The number of halogens is 4. The molecule has 8 heteroatoms. The Kier molecular flexibility index (Phi) is 5.89.